The van der Waals surface area contributed by atoms with Gasteiger partial charge in [0.2, 0.25) is 0 Å². The third-order valence-electron chi connectivity index (χ3n) is 11.0. The van der Waals surface area contributed by atoms with E-state index in [0.29, 0.717) is 11.6 Å². The third-order valence-corrected chi connectivity index (χ3v) is 16.6. The van der Waals surface area contributed by atoms with Gasteiger partial charge in [0.05, 0.1) is 12.3 Å². The van der Waals surface area contributed by atoms with E-state index in [1.165, 1.54) is 70.4 Å². The third kappa shape index (κ3) is 12.1. The van der Waals surface area contributed by atoms with Gasteiger partial charge in [-0.3, -0.25) is 15.3 Å². The van der Waals surface area contributed by atoms with Crippen LogP contribution in [0.25, 0.3) is 0 Å². The van der Waals surface area contributed by atoms with E-state index in [9.17, 15) is 84.2 Å². The van der Waals surface area contributed by atoms with Crippen LogP contribution in [0.1, 0.15) is 72.5 Å². The number of hydrogen-bond donors (Lipinski definition) is 3. The maximum absolute atomic E-state index is 15.0. The lowest BCUT2D eigenvalue weighted by Crippen LogP contribution is -2.74. The average molecular weight is 1040 g/mol. The van der Waals surface area contributed by atoms with Crippen molar-refractivity contribution in [1.82, 2.24) is 5.48 Å². The van der Waals surface area contributed by atoms with Crippen LogP contribution >= 0.6 is 0 Å². The van der Waals surface area contributed by atoms with Crippen molar-refractivity contribution >= 4 is 26.0 Å². The molecule has 2 aromatic carbocycles. The summed E-state index contributed by atoms with van der Waals surface area (Å²) in [5.41, 5.74) is -0.389. The molecule has 2 atom stereocenters. The minimum Gasteiger partial charge on any atom is -0.491 e. The molecule has 0 bridgehead atoms. The Kier molecular flexibility index (Phi) is 19.0. The van der Waals surface area contributed by atoms with E-state index in [1.807, 2.05) is 0 Å². The molecular formula is C40H45F19N2O6Si. The van der Waals surface area contributed by atoms with E-state index in [2.05, 4.69) is 5.32 Å². The number of alkyl halides is 17. The highest BCUT2D eigenvalue weighted by Gasteiger charge is 2.95. The van der Waals surface area contributed by atoms with Crippen LogP contribution in [0.15, 0.2) is 54.1 Å². The molecule has 2 aromatic rings. The summed E-state index contributed by atoms with van der Waals surface area (Å²) in [5, 5.41) is 11.0. The number of halogens is 19. The predicted octanol–water partition coefficient (Wildman–Crippen LogP) is 13.7. The Hall–Kier alpha value is -4.47. The number of ether oxygens (including phenoxy) is 2. The molecule has 0 saturated heterocycles. The molecule has 0 saturated carbocycles. The van der Waals surface area contributed by atoms with Gasteiger partial charge < -0.3 is 13.9 Å². The van der Waals surface area contributed by atoms with Gasteiger partial charge in [0.1, 0.15) is 30.1 Å². The van der Waals surface area contributed by atoms with Gasteiger partial charge in [-0.15, -0.1) is 0 Å². The molecule has 0 unspecified atom stereocenters. The number of carbonyl (C=O) groups excluding carboxylic acids is 2. The van der Waals surface area contributed by atoms with E-state index in [-0.39, 0.29) is 24.2 Å². The zero-order valence-corrected chi connectivity index (χ0v) is 37.3. The largest absolute Gasteiger partial charge is 0.491 e. The summed E-state index contributed by atoms with van der Waals surface area (Å²) in [7, 11) is -4.06. The quantitative estimate of drug-likeness (QED) is 0.0242. The maximum Gasteiger partial charge on any atom is 0.460 e. The van der Waals surface area contributed by atoms with E-state index in [4.69, 9.17) is 19.1 Å². The van der Waals surface area contributed by atoms with Crippen LogP contribution < -0.4 is 15.5 Å². The molecule has 0 aliphatic rings. The molecule has 0 radical (unpaired) electrons. The number of rotatable bonds is 24. The van der Waals surface area contributed by atoms with Crippen molar-refractivity contribution in [2.75, 3.05) is 18.5 Å². The minimum absolute atomic E-state index is 0.0428. The van der Waals surface area contributed by atoms with E-state index in [1.54, 1.807) is 6.92 Å². The van der Waals surface area contributed by atoms with E-state index >= 15 is 8.78 Å². The number of carbonyl (C=O) groups is 2. The van der Waals surface area contributed by atoms with Gasteiger partial charge in [-0.1, -0.05) is 52.8 Å². The molecule has 0 spiro atoms. The first kappa shape index (κ1) is 59.6. The Morgan fingerprint density at radius 2 is 1.21 bits per heavy atom. The zero-order valence-electron chi connectivity index (χ0n) is 36.3. The highest BCUT2D eigenvalue weighted by molar-refractivity contribution is 6.76. The highest BCUT2D eigenvalue weighted by Crippen LogP contribution is 2.64. The molecule has 0 aliphatic heterocycles. The van der Waals surface area contributed by atoms with Crippen molar-refractivity contribution in [3.05, 3.63) is 71.3 Å². The Morgan fingerprint density at radius 3 is 1.68 bits per heavy atom. The van der Waals surface area contributed by atoms with Crippen molar-refractivity contribution in [3.63, 3.8) is 0 Å². The van der Waals surface area contributed by atoms with Crippen LogP contribution in [-0.2, 0) is 14.0 Å². The zero-order chi connectivity index (χ0) is 52.9. The molecule has 0 aliphatic carbocycles. The van der Waals surface area contributed by atoms with Crippen LogP contribution in [0.3, 0.4) is 0 Å². The molecule has 3 N–H and O–H groups in total. The molecule has 68 heavy (non-hydrogen) atoms. The lowest BCUT2D eigenvalue weighted by molar-refractivity contribution is -0.461. The van der Waals surface area contributed by atoms with Crippen LogP contribution in [0.5, 0.6) is 5.75 Å². The van der Waals surface area contributed by atoms with E-state index in [0.717, 1.165) is 12.1 Å². The lowest BCUT2D eigenvalue weighted by atomic mass is 9.88. The van der Waals surface area contributed by atoms with Gasteiger partial charge in [0, 0.05) is 18.1 Å². The van der Waals surface area contributed by atoms with Crippen molar-refractivity contribution < 1.29 is 112 Å². The molecule has 0 fully saturated rings. The summed E-state index contributed by atoms with van der Waals surface area (Å²) in [5.74, 6) is -60.4. The fourth-order valence-electron chi connectivity index (χ4n) is 6.75. The van der Waals surface area contributed by atoms with Crippen LogP contribution in [0.2, 0.25) is 17.1 Å². The highest BCUT2D eigenvalue weighted by atomic mass is 28.4. The predicted molar refractivity (Wildman–Crippen MR) is 205 cm³/mol. The number of anilines is 1. The summed E-state index contributed by atoms with van der Waals surface area (Å²) in [4.78, 5) is 24.5. The van der Waals surface area contributed by atoms with Gasteiger partial charge in [0.15, 0.2) is 8.32 Å². The van der Waals surface area contributed by atoms with Crippen molar-refractivity contribution in [1.29, 1.82) is 0 Å². The summed E-state index contributed by atoms with van der Waals surface area (Å²) in [6, 6.07) is 6.36. The van der Waals surface area contributed by atoms with Crippen molar-refractivity contribution in [3.8, 4) is 5.75 Å². The molecule has 28 heteroatoms. The fraction of sp³-hybridized carbons (Fsp3) is 0.600. The average Bonchev–Trinajstić information content (AvgIpc) is 3.22. The monoisotopic (exact) mass is 1040 g/mol. The van der Waals surface area contributed by atoms with Gasteiger partial charge in [-0.05, 0) is 72.6 Å². The topological polar surface area (TPSA) is 106 Å². The number of hydrogen-bond acceptors (Lipinski definition) is 6. The SMILES string of the molecule is C/C(=C\CC[C@H](C)[C@H](OC(=O)Nc1ccc(F)cc1F)c1ccc(OCCO[Si](CCC(F)(F)C(F)(F)C(F)(F)C(F)(F)C(F)(F)C(F)(F)C(F)(F)C(F)(F)F)(C(C)C)C(C)C)cc1)C(=O)NO. The number of benzene rings is 2. The second kappa shape index (κ2) is 21.7. The van der Waals surface area contributed by atoms with Crippen LogP contribution in [0.4, 0.5) is 93.9 Å². The van der Waals surface area contributed by atoms with Gasteiger partial charge in [-0.2, -0.15) is 74.6 Å². The van der Waals surface area contributed by atoms with Crippen molar-refractivity contribution in [2.24, 2.45) is 5.92 Å². The van der Waals surface area contributed by atoms with E-state index < -0.39 is 134 Å². The Labute approximate surface area is 376 Å². The molecule has 0 heterocycles. The normalized spacial score (nSPS) is 15.1. The molecule has 2 rings (SSSR count). The lowest BCUT2D eigenvalue weighted by Gasteiger charge is -2.44. The molecule has 2 amide bonds. The first-order valence-electron chi connectivity index (χ1n) is 19.9. The molecule has 388 valence electrons. The second-order valence-corrected chi connectivity index (χ2v) is 21.1. The fourth-order valence-corrected chi connectivity index (χ4v) is 11.2. The number of hydroxylamine groups is 1. The summed E-state index contributed by atoms with van der Waals surface area (Å²) in [6.45, 7) is 7.12. The van der Waals surface area contributed by atoms with Gasteiger partial charge in [0.25, 0.3) is 5.91 Å². The second-order valence-electron chi connectivity index (χ2n) is 16.1. The number of nitrogens with one attached hydrogen (secondary N) is 2. The van der Waals surface area contributed by atoms with Gasteiger partial charge in [-0.25, -0.2) is 19.1 Å². The number of amides is 2. The summed E-state index contributed by atoms with van der Waals surface area (Å²) in [6.07, 6.45) is -10.8. The first-order valence-corrected chi connectivity index (χ1v) is 22.1. The summed E-state index contributed by atoms with van der Waals surface area (Å²) >= 11 is 0. The molecule has 8 nitrogen and oxygen atoms in total. The van der Waals surface area contributed by atoms with Gasteiger partial charge >= 0.3 is 53.7 Å². The minimum atomic E-state index is -8.72. The smallest absolute Gasteiger partial charge is 0.460 e. The Morgan fingerprint density at radius 1 is 0.706 bits per heavy atom. The molecular weight excluding hydrogens is 993 g/mol. The molecule has 0 aromatic heterocycles. The van der Waals surface area contributed by atoms with Crippen LogP contribution in [-0.4, -0.2) is 86.4 Å². The van der Waals surface area contributed by atoms with Crippen molar-refractivity contribution in [2.45, 2.75) is 132 Å². The summed E-state index contributed by atoms with van der Waals surface area (Å²) < 4.78 is 281. The maximum atomic E-state index is 15.0. The standard InChI is InChI=1S/C40H45F19N2O6Si/c1-21(2)68(22(3)4,19-16-33(43,44)34(45,46)35(47,48)36(49,50)37(51,52)38(53,54)39(55,56)40(57,58)59)66-18-17-65-27-13-10-25(11-14-27)30(23(5)8-7-9-24(6)31(62)61-64)67-32(63)60-29-15-12-26(41)20-28(29)42/h9-15,20-23,30,64H,7-8,16-19H2,1-6H3,(H,60,63)(H,61,62)/b24-9+/t23-,30-/m0/s1. The Bertz CT molecular complexity index is 2040. The number of allylic oxidation sites excluding steroid dienone is 1. The van der Waals surface area contributed by atoms with Crippen LogP contribution in [0, 0.1) is 17.6 Å². The Balaban J connectivity index is 2.31. The first-order chi connectivity index (χ1) is 30.7.